The first-order valence-electron chi connectivity index (χ1n) is 7.29. The molecule has 3 N–H and O–H groups in total. The molecule has 0 spiro atoms. The van der Waals surface area contributed by atoms with Gasteiger partial charge in [0.1, 0.15) is 0 Å². The minimum atomic E-state index is -0.322. The van der Waals surface area contributed by atoms with Crippen LogP contribution in [-0.2, 0) is 6.54 Å². The van der Waals surface area contributed by atoms with Crippen LogP contribution >= 0.6 is 11.6 Å². The fourth-order valence-electron chi connectivity index (χ4n) is 1.88. The van der Waals surface area contributed by atoms with Crippen LogP contribution in [0, 0.1) is 5.92 Å². The molecule has 1 aromatic heterocycles. The summed E-state index contributed by atoms with van der Waals surface area (Å²) in [4.78, 5) is 15.9. The standard InChI is InChI=1S/C15H19ClN4O3/c1-10(5-6-21)8-17-15(22)18-9-13-19-14(20-23-13)11-3-2-4-12(16)7-11/h2-4,7,10,21H,5-6,8-9H2,1H3,(H2,17,18,22). The van der Waals surface area contributed by atoms with E-state index in [4.69, 9.17) is 21.2 Å². The molecule has 1 heterocycles. The van der Waals surface area contributed by atoms with Crippen molar-refractivity contribution in [2.75, 3.05) is 13.2 Å². The Kier molecular flexibility index (Phi) is 6.37. The van der Waals surface area contributed by atoms with Gasteiger partial charge in [-0.1, -0.05) is 35.8 Å². The topological polar surface area (TPSA) is 100 Å². The van der Waals surface area contributed by atoms with Gasteiger partial charge in [-0.3, -0.25) is 0 Å². The predicted octanol–water partition coefficient (Wildman–Crippen LogP) is 2.21. The van der Waals surface area contributed by atoms with E-state index in [9.17, 15) is 4.79 Å². The molecule has 0 radical (unpaired) electrons. The number of rotatable bonds is 7. The molecular weight excluding hydrogens is 320 g/mol. The van der Waals surface area contributed by atoms with E-state index in [1.807, 2.05) is 13.0 Å². The van der Waals surface area contributed by atoms with E-state index in [1.54, 1.807) is 18.2 Å². The van der Waals surface area contributed by atoms with Crippen molar-refractivity contribution in [3.8, 4) is 11.4 Å². The van der Waals surface area contributed by atoms with Crippen LogP contribution < -0.4 is 10.6 Å². The van der Waals surface area contributed by atoms with E-state index in [-0.39, 0.29) is 25.1 Å². The van der Waals surface area contributed by atoms with E-state index in [1.165, 1.54) is 0 Å². The highest BCUT2D eigenvalue weighted by Gasteiger charge is 2.10. The third-order valence-electron chi connectivity index (χ3n) is 3.18. The van der Waals surface area contributed by atoms with Gasteiger partial charge in [0.15, 0.2) is 0 Å². The summed E-state index contributed by atoms with van der Waals surface area (Å²) in [6, 6.07) is 6.79. The Balaban J connectivity index is 1.82. The summed E-state index contributed by atoms with van der Waals surface area (Å²) in [7, 11) is 0. The quantitative estimate of drug-likeness (QED) is 0.718. The highest BCUT2D eigenvalue weighted by molar-refractivity contribution is 6.30. The zero-order valence-electron chi connectivity index (χ0n) is 12.8. The molecule has 23 heavy (non-hydrogen) atoms. The van der Waals surface area contributed by atoms with Gasteiger partial charge in [0.05, 0.1) is 6.54 Å². The second-order valence-electron chi connectivity index (χ2n) is 5.20. The van der Waals surface area contributed by atoms with E-state index in [2.05, 4.69) is 20.8 Å². The van der Waals surface area contributed by atoms with Gasteiger partial charge < -0.3 is 20.3 Å². The number of hydrogen-bond donors (Lipinski definition) is 3. The highest BCUT2D eigenvalue weighted by Crippen LogP contribution is 2.19. The Labute approximate surface area is 139 Å². The van der Waals surface area contributed by atoms with Crippen LogP contribution in [0.4, 0.5) is 4.79 Å². The molecule has 0 aliphatic heterocycles. The predicted molar refractivity (Wildman–Crippen MR) is 85.8 cm³/mol. The summed E-state index contributed by atoms with van der Waals surface area (Å²) < 4.78 is 5.09. The van der Waals surface area contributed by atoms with Gasteiger partial charge >= 0.3 is 6.03 Å². The molecule has 2 amide bonds. The number of carbonyl (C=O) groups is 1. The first kappa shape index (κ1) is 17.2. The van der Waals surface area contributed by atoms with Gasteiger partial charge in [-0.05, 0) is 24.5 Å². The number of aliphatic hydroxyl groups excluding tert-OH is 1. The molecule has 2 aromatic rings. The molecule has 1 aromatic carbocycles. The number of nitrogens with zero attached hydrogens (tertiary/aromatic N) is 2. The van der Waals surface area contributed by atoms with Crippen molar-refractivity contribution in [2.45, 2.75) is 19.9 Å². The van der Waals surface area contributed by atoms with E-state index < -0.39 is 0 Å². The lowest BCUT2D eigenvalue weighted by molar-refractivity contribution is 0.232. The third kappa shape index (κ3) is 5.54. The molecule has 0 aliphatic rings. The van der Waals surface area contributed by atoms with Crippen molar-refractivity contribution >= 4 is 17.6 Å². The van der Waals surface area contributed by atoms with Crippen molar-refractivity contribution in [1.82, 2.24) is 20.8 Å². The van der Waals surface area contributed by atoms with Crippen molar-refractivity contribution < 1.29 is 14.4 Å². The monoisotopic (exact) mass is 338 g/mol. The van der Waals surface area contributed by atoms with Crippen LogP contribution in [0.25, 0.3) is 11.4 Å². The molecule has 0 aliphatic carbocycles. The summed E-state index contributed by atoms with van der Waals surface area (Å²) in [6.07, 6.45) is 0.646. The highest BCUT2D eigenvalue weighted by atomic mass is 35.5. The lowest BCUT2D eigenvalue weighted by atomic mass is 10.1. The molecule has 0 saturated heterocycles. The van der Waals surface area contributed by atoms with E-state index in [0.717, 1.165) is 5.56 Å². The maximum Gasteiger partial charge on any atom is 0.315 e. The maximum atomic E-state index is 11.7. The van der Waals surface area contributed by atoms with Crippen LogP contribution in [0.15, 0.2) is 28.8 Å². The van der Waals surface area contributed by atoms with Crippen LogP contribution in [0.3, 0.4) is 0 Å². The third-order valence-corrected chi connectivity index (χ3v) is 3.42. The number of aliphatic hydroxyl groups is 1. The van der Waals surface area contributed by atoms with Gasteiger partial charge in [-0.25, -0.2) is 4.79 Å². The maximum absolute atomic E-state index is 11.7. The molecule has 0 bridgehead atoms. The second-order valence-corrected chi connectivity index (χ2v) is 5.64. The average molecular weight is 339 g/mol. The van der Waals surface area contributed by atoms with Crippen LogP contribution in [0.5, 0.6) is 0 Å². The fourth-order valence-corrected chi connectivity index (χ4v) is 2.07. The Hall–Kier alpha value is -2.12. The first-order valence-corrected chi connectivity index (χ1v) is 7.67. The smallest absolute Gasteiger partial charge is 0.315 e. The molecule has 0 saturated carbocycles. The number of amides is 2. The zero-order valence-corrected chi connectivity index (χ0v) is 13.5. The van der Waals surface area contributed by atoms with Gasteiger partial charge in [-0.2, -0.15) is 4.98 Å². The van der Waals surface area contributed by atoms with Gasteiger partial charge in [0, 0.05) is 23.7 Å². The Bertz CT molecular complexity index is 647. The number of hydrogen-bond acceptors (Lipinski definition) is 5. The van der Waals surface area contributed by atoms with E-state index >= 15 is 0 Å². The molecule has 1 unspecified atom stereocenters. The summed E-state index contributed by atoms with van der Waals surface area (Å²) in [5, 5.41) is 18.6. The molecule has 2 rings (SSSR count). The first-order chi connectivity index (χ1) is 11.1. The minimum absolute atomic E-state index is 0.110. The fraction of sp³-hybridized carbons (Fsp3) is 0.400. The zero-order chi connectivity index (χ0) is 16.7. The summed E-state index contributed by atoms with van der Waals surface area (Å²) >= 11 is 5.92. The summed E-state index contributed by atoms with van der Waals surface area (Å²) in [5.74, 6) is 0.934. The van der Waals surface area contributed by atoms with Crippen molar-refractivity contribution in [2.24, 2.45) is 5.92 Å². The normalized spacial score (nSPS) is 12.0. The van der Waals surface area contributed by atoms with Gasteiger partial charge in [-0.15, -0.1) is 0 Å². The molecule has 8 heteroatoms. The van der Waals surface area contributed by atoms with Crippen LogP contribution in [0.2, 0.25) is 5.02 Å². The van der Waals surface area contributed by atoms with Gasteiger partial charge in [0.2, 0.25) is 11.7 Å². The molecular formula is C15H19ClN4O3. The summed E-state index contributed by atoms with van der Waals surface area (Å²) in [5.41, 5.74) is 0.745. The van der Waals surface area contributed by atoms with Crippen molar-refractivity contribution in [3.63, 3.8) is 0 Å². The lowest BCUT2D eigenvalue weighted by Gasteiger charge is -2.11. The average Bonchev–Trinajstić information content (AvgIpc) is 3.00. The number of aromatic nitrogens is 2. The number of halogens is 1. The van der Waals surface area contributed by atoms with Gasteiger partial charge in [0.25, 0.3) is 0 Å². The number of urea groups is 1. The molecule has 0 fully saturated rings. The summed E-state index contributed by atoms with van der Waals surface area (Å²) in [6.45, 7) is 2.68. The van der Waals surface area contributed by atoms with Crippen LogP contribution in [-0.4, -0.2) is 34.4 Å². The Morgan fingerprint density at radius 1 is 1.43 bits per heavy atom. The Morgan fingerprint density at radius 2 is 2.26 bits per heavy atom. The van der Waals surface area contributed by atoms with Crippen molar-refractivity contribution in [3.05, 3.63) is 35.2 Å². The largest absolute Gasteiger partial charge is 0.396 e. The molecule has 124 valence electrons. The van der Waals surface area contributed by atoms with E-state index in [0.29, 0.717) is 29.7 Å². The SMILES string of the molecule is CC(CCO)CNC(=O)NCc1nc(-c2cccc(Cl)c2)no1. The Morgan fingerprint density at radius 3 is 3.00 bits per heavy atom. The van der Waals surface area contributed by atoms with Crippen LogP contribution in [0.1, 0.15) is 19.2 Å². The molecule has 1 atom stereocenters. The molecule has 7 nitrogen and oxygen atoms in total. The minimum Gasteiger partial charge on any atom is -0.396 e. The number of nitrogens with one attached hydrogen (secondary N) is 2. The number of carbonyl (C=O) groups excluding carboxylic acids is 1. The van der Waals surface area contributed by atoms with Crippen molar-refractivity contribution in [1.29, 1.82) is 0 Å². The second kappa shape index (κ2) is 8.50. The lowest BCUT2D eigenvalue weighted by Crippen LogP contribution is -2.37. The number of benzene rings is 1.